The third kappa shape index (κ3) is 5.89. The first-order chi connectivity index (χ1) is 3.27. The Morgan fingerprint density at radius 3 is 2.43 bits per heavy atom. The number of rotatable bonds is 2. The van der Waals surface area contributed by atoms with Crippen molar-refractivity contribution < 1.29 is 0 Å². The van der Waals surface area contributed by atoms with Crippen molar-refractivity contribution in [3.05, 3.63) is 12.2 Å². The minimum Gasteiger partial charge on any atom is -0.309 e. The van der Waals surface area contributed by atoms with Gasteiger partial charge in [-0.1, -0.05) is 22.0 Å². The monoisotopic (exact) mass is 161 g/mol. The van der Waals surface area contributed by atoms with Gasteiger partial charge < -0.3 is 5.41 Å². The zero-order valence-corrected chi connectivity index (χ0v) is 5.77. The first-order valence-corrected chi connectivity index (χ1v) is 3.00. The van der Waals surface area contributed by atoms with Crippen LogP contribution >= 0.6 is 15.9 Å². The zero-order valence-electron chi connectivity index (χ0n) is 4.19. The number of nitrogens with one attached hydrogen (secondary N) is 1. The van der Waals surface area contributed by atoms with Crippen molar-refractivity contribution in [2.24, 2.45) is 0 Å². The van der Waals surface area contributed by atoms with E-state index in [9.17, 15) is 0 Å². The first-order valence-electron chi connectivity index (χ1n) is 2.08. The van der Waals surface area contributed by atoms with Gasteiger partial charge in [0.1, 0.15) is 0 Å². The van der Waals surface area contributed by atoms with Gasteiger partial charge in [-0.15, -0.1) is 0 Å². The van der Waals surface area contributed by atoms with Gasteiger partial charge in [0.2, 0.25) is 0 Å². The quantitative estimate of drug-likeness (QED) is 0.474. The van der Waals surface area contributed by atoms with E-state index in [4.69, 9.17) is 5.41 Å². The summed E-state index contributed by atoms with van der Waals surface area (Å²) in [6, 6.07) is 0. The summed E-state index contributed by atoms with van der Waals surface area (Å²) in [5, 5.41) is 6.56. The summed E-state index contributed by atoms with van der Waals surface area (Å²) in [5.41, 5.74) is 0. The molecule has 0 bridgehead atoms. The highest BCUT2D eigenvalue weighted by atomic mass is 79.9. The van der Waals surface area contributed by atoms with Crippen LogP contribution in [0.5, 0.6) is 0 Å². The first kappa shape index (κ1) is 6.89. The highest BCUT2D eigenvalue weighted by Crippen LogP contribution is 1.96. The highest BCUT2D eigenvalue weighted by Gasteiger charge is 1.80. The number of hydrogen-bond acceptors (Lipinski definition) is 1. The molecule has 0 aliphatic heterocycles. The van der Waals surface area contributed by atoms with Gasteiger partial charge in [-0.3, -0.25) is 0 Å². The van der Waals surface area contributed by atoms with Gasteiger partial charge in [0.05, 0.1) is 0 Å². The van der Waals surface area contributed by atoms with E-state index >= 15 is 0 Å². The second kappa shape index (κ2) is 4.06. The van der Waals surface area contributed by atoms with Crippen LogP contribution in [0.3, 0.4) is 0 Å². The molecule has 0 aromatic carbocycles. The molecule has 7 heavy (non-hydrogen) atoms. The fourth-order valence-electron chi connectivity index (χ4n) is 0.209. The summed E-state index contributed by atoms with van der Waals surface area (Å²) in [5.74, 6) is 0. The van der Waals surface area contributed by atoms with Crippen molar-refractivity contribution in [3.8, 4) is 0 Å². The maximum absolute atomic E-state index is 6.56. The molecule has 0 fully saturated rings. The average molecular weight is 162 g/mol. The molecule has 40 valence electrons. The average Bonchev–Trinajstić information content (AvgIpc) is 1.61. The molecule has 0 spiro atoms. The van der Waals surface area contributed by atoms with Crippen LogP contribution in [0, 0.1) is 5.41 Å². The van der Waals surface area contributed by atoms with E-state index in [1.807, 2.05) is 13.0 Å². The molecule has 0 aliphatic rings. The van der Waals surface area contributed by atoms with Crippen LogP contribution in [0.2, 0.25) is 0 Å². The zero-order chi connectivity index (χ0) is 5.70. The van der Waals surface area contributed by atoms with Crippen molar-refractivity contribution in [2.45, 2.75) is 11.8 Å². The largest absolute Gasteiger partial charge is 0.309 e. The summed E-state index contributed by atoms with van der Waals surface area (Å²) in [7, 11) is 0. The molecule has 0 heterocycles. The van der Waals surface area contributed by atoms with Crippen molar-refractivity contribution in [1.29, 1.82) is 5.41 Å². The molecule has 0 saturated heterocycles. The molecule has 2 heteroatoms. The third-order valence-electron chi connectivity index (χ3n) is 0.473. The molecule has 1 unspecified atom stereocenters. The number of hydrogen-bond donors (Lipinski definition) is 1. The molecular weight excluding hydrogens is 154 g/mol. The van der Waals surface area contributed by atoms with E-state index in [0.29, 0.717) is 4.83 Å². The Balaban J connectivity index is 3.25. The highest BCUT2D eigenvalue weighted by molar-refractivity contribution is 9.09. The summed E-state index contributed by atoms with van der Waals surface area (Å²) in [6.45, 7) is 2.00. The third-order valence-corrected chi connectivity index (χ3v) is 0.778. The fourth-order valence-corrected chi connectivity index (χ4v) is 0.385. The maximum atomic E-state index is 6.56. The Bertz CT molecular complexity index is 76.1. The lowest BCUT2D eigenvalue weighted by molar-refractivity contribution is 1.28. The minimum absolute atomic E-state index is 0.383. The van der Waals surface area contributed by atoms with E-state index in [2.05, 4.69) is 15.9 Å². The Kier molecular flexibility index (Phi) is 4.00. The van der Waals surface area contributed by atoms with Crippen LogP contribution < -0.4 is 0 Å². The van der Waals surface area contributed by atoms with Crippen LogP contribution in [0.4, 0.5) is 0 Å². The van der Waals surface area contributed by atoms with Gasteiger partial charge in [0.15, 0.2) is 0 Å². The van der Waals surface area contributed by atoms with E-state index in [1.54, 1.807) is 6.08 Å². The van der Waals surface area contributed by atoms with Crippen molar-refractivity contribution in [1.82, 2.24) is 0 Å². The molecule has 0 rings (SSSR count). The van der Waals surface area contributed by atoms with Crippen molar-refractivity contribution >= 4 is 22.1 Å². The number of alkyl halides is 1. The Hall–Kier alpha value is -0.110. The molecule has 0 radical (unpaired) electrons. The molecule has 0 saturated carbocycles. The normalized spacial score (nSPS) is 14.6. The SMILES string of the molecule is CC(Br)/C=C\C=N. The Morgan fingerprint density at radius 1 is 1.71 bits per heavy atom. The van der Waals surface area contributed by atoms with Crippen LogP contribution in [0.15, 0.2) is 12.2 Å². The molecule has 0 amide bonds. The van der Waals surface area contributed by atoms with Crippen molar-refractivity contribution in [3.63, 3.8) is 0 Å². The van der Waals surface area contributed by atoms with Crippen LogP contribution in [-0.4, -0.2) is 11.0 Å². The lowest BCUT2D eigenvalue weighted by Crippen LogP contribution is -1.78. The van der Waals surface area contributed by atoms with E-state index in [1.165, 1.54) is 6.21 Å². The van der Waals surface area contributed by atoms with E-state index < -0.39 is 0 Å². The topological polar surface area (TPSA) is 23.9 Å². The summed E-state index contributed by atoms with van der Waals surface area (Å²) < 4.78 is 0. The molecule has 1 N–H and O–H groups in total. The molecule has 1 atom stereocenters. The molecule has 1 nitrogen and oxygen atoms in total. The molecule has 0 aromatic heterocycles. The van der Waals surface area contributed by atoms with Gasteiger partial charge in [0, 0.05) is 11.0 Å². The standard InChI is InChI=1S/C5H8BrN/c1-5(6)3-2-4-7/h2-5,7H,1H3/b3-2-,7-4?. The number of allylic oxidation sites excluding steroid dienone is 2. The van der Waals surface area contributed by atoms with E-state index in [-0.39, 0.29) is 0 Å². The summed E-state index contributed by atoms with van der Waals surface area (Å²) in [6.07, 6.45) is 4.85. The van der Waals surface area contributed by atoms with Gasteiger partial charge in [-0.2, -0.15) is 0 Å². The molecule has 0 aliphatic carbocycles. The van der Waals surface area contributed by atoms with E-state index in [0.717, 1.165) is 0 Å². The molecule has 0 aromatic rings. The van der Waals surface area contributed by atoms with Gasteiger partial charge in [-0.25, -0.2) is 0 Å². The fraction of sp³-hybridized carbons (Fsp3) is 0.400. The van der Waals surface area contributed by atoms with Crippen LogP contribution in [0.1, 0.15) is 6.92 Å². The van der Waals surface area contributed by atoms with Crippen LogP contribution in [0.25, 0.3) is 0 Å². The van der Waals surface area contributed by atoms with Gasteiger partial charge in [0.25, 0.3) is 0 Å². The summed E-state index contributed by atoms with van der Waals surface area (Å²) >= 11 is 3.29. The van der Waals surface area contributed by atoms with Gasteiger partial charge in [-0.05, 0) is 13.0 Å². The number of halogens is 1. The predicted molar refractivity (Wildman–Crippen MR) is 36.3 cm³/mol. The van der Waals surface area contributed by atoms with Gasteiger partial charge >= 0.3 is 0 Å². The second-order valence-corrected chi connectivity index (χ2v) is 2.67. The smallest absolute Gasteiger partial charge is 0.0300 e. The lowest BCUT2D eigenvalue weighted by atomic mass is 10.4. The second-order valence-electron chi connectivity index (χ2n) is 1.23. The summed E-state index contributed by atoms with van der Waals surface area (Å²) in [4.78, 5) is 0.383. The molecular formula is C5H8BrN. The predicted octanol–water partition coefficient (Wildman–Crippen LogP) is 1.98. The van der Waals surface area contributed by atoms with Crippen molar-refractivity contribution in [2.75, 3.05) is 0 Å². The maximum Gasteiger partial charge on any atom is 0.0300 e. The Morgan fingerprint density at radius 2 is 2.29 bits per heavy atom. The Labute approximate surface area is 52.1 Å². The minimum atomic E-state index is 0.383. The lowest BCUT2D eigenvalue weighted by Gasteiger charge is -1.84. The van der Waals surface area contributed by atoms with Crippen LogP contribution in [-0.2, 0) is 0 Å².